The maximum Gasteiger partial charge on any atom is 0.295 e. The molecule has 3 N–H and O–H groups in total. The van der Waals surface area contributed by atoms with E-state index in [4.69, 9.17) is 0 Å². The Morgan fingerprint density at radius 1 is 0.783 bits per heavy atom. The summed E-state index contributed by atoms with van der Waals surface area (Å²) in [6, 6.07) is 32.5. The molecule has 0 radical (unpaired) electrons. The third kappa shape index (κ3) is 7.72. The predicted octanol–water partition coefficient (Wildman–Crippen LogP) is 5.93. The number of amides is 3. The highest BCUT2D eigenvalue weighted by atomic mass is 32.2. The molecule has 0 aliphatic carbocycles. The van der Waals surface area contributed by atoms with Crippen LogP contribution in [0.1, 0.15) is 27.2 Å². The second kappa shape index (κ2) is 14.4. The van der Waals surface area contributed by atoms with Gasteiger partial charge in [-0.3, -0.25) is 23.9 Å². The molecule has 0 bridgehead atoms. The Labute approximate surface area is 270 Å². The van der Waals surface area contributed by atoms with Crippen LogP contribution in [0.25, 0.3) is 11.8 Å². The molecule has 0 saturated heterocycles. The highest BCUT2D eigenvalue weighted by Gasteiger charge is 2.19. The van der Waals surface area contributed by atoms with Gasteiger partial charge in [-0.25, -0.2) is 4.68 Å². The smallest absolute Gasteiger partial charge is 0.295 e. The van der Waals surface area contributed by atoms with Crippen LogP contribution in [0.2, 0.25) is 0 Å². The van der Waals surface area contributed by atoms with Gasteiger partial charge in [0.25, 0.3) is 17.4 Å². The van der Waals surface area contributed by atoms with Gasteiger partial charge in [-0.15, -0.1) is 11.8 Å². The Bertz CT molecular complexity index is 1950. The topological polar surface area (TPSA) is 114 Å². The summed E-state index contributed by atoms with van der Waals surface area (Å²) in [5.74, 6) is -1.11. The molecule has 5 aromatic rings. The van der Waals surface area contributed by atoms with Gasteiger partial charge in [0, 0.05) is 23.2 Å². The average Bonchev–Trinajstić information content (AvgIpc) is 3.28. The molecule has 1 heterocycles. The largest absolute Gasteiger partial charge is 0.321 e. The van der Waals surface area contributed by atoms with E-state index in [-0.39, 0.29) is 28.6 Å². The predicted molar refractivity (Wildman–Crippen MR) is 183 cm³/mol. The third-order valence-electron chi connectivity index (χ3n) is 7.22. The van der Waals surface area contributed by atoms with Gasteiger partial charge in [0.15, 0.2) is 0 Å². The zero-order valence-electron chi connectivity index (χ0n) is 25.6. The van der Waals surface area contributed by atoms with Crippen molar-refractivity contribution in [1.82, 2.24) is 14.7 Å². The Morgan fingerprint density at radius 2 is 1.41 bits per heavy atom. The Morgan fingerprint density at radius 3 is 2.07 bits per heavy atom. The van der Waals surface area contributed by atoms with E-state index in [9.17, 15) is 19.2 Å². The molecular weight excluding hydrogens is 598 g/mol. The molecule has 0 unspecified atom stereocenters. The van der Waals surface area contributed by atoms with E-state index in [1.54, 1.807) is 73.3 Å². The van der Waals surface area contributed by atoms with Crippen molar-refractivity contribution in [3.05, 3.63) is 148 Å². The summed E-state index contributed by atoms with van der Waals surface area (Å²) in [5.41, 5.74) is 4.16. The number of rotatable bonds is 10. The van der Waals surface area contributed by atoms with Crippen molar-refractivity contribution in [3.8, 4) is 5.69 Å². The lowest BCUT2D eigenvalue weighted by atomic mass is 10.1. The van der Waals surface area contributed by atoms with E-state index in [2.05, 4.69) is 16.0 Å². The standard InChI is InChI=1S/C36H33N5O4S/c1-24-14-16-26(17-15-24)22-31(38-34(43)27-10-6-4-7-11-27)35(44)37-28-18-20-30(21-19-28)46-23-32(42)39-33-25(2)40(3)41(36(33)45)29-12-8-5-9-13-29/h4-22H,23H2,1-3H3,(H,37,44)(H,38,43)(H,39,42)/b31-22-. The highest BCUT2D eigenvalue weighted by molar-refractivity contribution is 8.00. The molecule has 0 spiro atoms. The van der Waals surface area contributed by atoms with E-state index in [1.165, 1.54) is 16.4 Å². The first-order valence-electron chi connectivity index (χ1n) is 14.5. The molecule has 0 saturated carbocycles. The number of hydrogen-bond acceptors (Lipinski definition) is 5. The van der Waals surface area contributed by atoms with E-state index < -0.39 is 11.8 Å². The molecule has 4 aromatic carbocycles. The average molecular weight is 632 g/mol. The lowest BCUT2D eigenvalue weighted by Crippen LogP contribution is -2.30. The van der Waals surface area contributed by atoms with Crippen LogP contribution in [-0.2, 0) is 16.6 Å². The first-order chi connectivity index (χ1) is 22.2. The fraction of sp³-hybridized carbons (Fsp3) is 0.111. The Hall–Kier alpha value is -5.61. The molecule has 232 valence electrons. The number of benzene rings is 4. The lowest BCUT2D eigenvalue weighted by molar-refractivity contribution is -0.114. The second-order valence-electron chi connectivity index (χ2n) is 10.5. The number of thioether (sulfide) groups is 1. The quantitative estimate of drug-likeness (QED) is 0.131. The summed E-state index contributed by atoms with van der Waals surface area (Å²) in [6.45, 7) is 3.76. The van der Waals surface area contributed by atoms with Crippen LogP contribution in [0, 0.1) is 13.8 Å². The third-order valence-corrected chi connectivity index (χ3v) is 8.23. The summed E-state index contributed by atoms with van der Waals surface area (Å²) in [6.07, 6.45) is 1.63. The van der Waals surface area contributed by atoms with Crippen molar-refractivity contribution in [2.24, 2.45) is 7.05 Å². The fourth-order valence-corrected chi connectivity index (χ4v) is 5.34. The van der Waals surface area contributed by atoms with Gasteiger partial charge >= 0.3 is 0 Å². The first-order valence-corrected chi connectivity index (χ1v) is 15.5. The van der Waals surface area contributed by atoms with Crippen molar-refractivity contribution < 1.29 is 14.4 Å². The van der Waals surface area contributed by atoms with E-state index >= 15 is 0 Å². The van der Waals surface area contributed by atoms with E-state index in [0.29, 0.717) is 22.6 Å². The molecule has 0 aliphatic rings. The molecule has 1 aromatic heterocycles. The molecule has 10 heteroatoms. The molecule has 3 amide bonds. The number of carbonyl (C=O) groups is 3. The second-order valence-corrected chi connectivity index (χ2v) is 11.6. The van der Waals surface area contributed by atoms with Gasteiger partial charge in [-0.2, -0.15) is 0 Å². The first kappa shape index (κ1) is 31.8. The van der Waals surface area contributed by atoms with E-state index in [1.807, 2.05) is 67.6 Å². The molecular formula is C36H33N5O4S. The van der Waals surface area contributed by atoms with Gasteiger partial charge in [0.1, 0.15) is 11.4 Å². The molecule has 0 fully saturated rings. The van der Waals surface area contributed by atoms with Crippen LogP contribution < -0.4 is 21.5 Å². The van der Waals surface area contributed by atoms with Gasteiger partial charge in [-0.1, -0.05) is 66.2 Å². The van der Waals surface area contributed by atoms with Crippen molar-refractivity contribution in [1.29, 1.82) is 0 Å². The maximum atomic E-state index is 13.3. The van der Waals surface area contributed by atoms with Gasteiger partial charge in [0.05, 0.1) is 17.1 Å². The number of hydrogen-bond donors (Lipinski definition) is 3. The zero-order chi connectivity index (χ0) is 32.6. The number of para-hydroxylation sites is 1. The summed E-state index contributed by atoms with van der Waals surface area (Å²) in [7, 11) is 1.77. The summed E-state index contributed by atoms with van der Waals surface area (Å²) < 4.78 is 3.22. The molecule has 9 nitrogen and oxygen atoms in total. The summed E-state index contributed by atoms with van der Waals surface area (Å²) in [4.78, 5) is 52.9. The number of nitrogens with one attached hydrogen (secondary N) is 3. The highest BCUT2D eigenvalue weighted by Crippen LogP contribution is 2.22. The number of aromatic nitrogens is 2. The fourth-order valence-electron chi connectivity index (χ4n) is 4.64. The molecule has 46 heavy (non-hydrogen) atoms. The molecule has 0 atom stereocenters. The minimum Gasteiger partial charge on any atom is -0.321 e. The zero-order valence-corrected chi connectivity index (χ0v) is 26.4. The normalized spacial score (nSPS) is 11.2. The minimum atomic E-state index is -0.482. The van der Waals surface area contributed by atoms with Crippen LogP contribution in [0.5, 0.6) is 0 Å². The Kier molecular flexibility index (Phi) is 9.99. The summed E-state index contributed by atoms with van der Waals surface area (Å²) >= 11 is 1.30. The van der Waals surface area contributed by atoms with Crippen LogP contribution in [0.15, 0.2) is 125 Å². The van der Waals surface area contributed by atoms with Crippen LogP contribution >= 0.6 is 11.8 Å². The maximum absolute atomic E-state index is 13.3. The van der Waals surface area contributed by atoms with E-state index in [0.717, 1.165) is 16.0 Å². The van der Waals surface area contributed by atoms with Crippen molar-refractivity contribution in [3.63, 3.8) is 0 Å². The number of anilines is 2. The monoisotopic (exact) mass is 631 g/mol. The number of carbonyl (C=O) groups excluding carboxylic acids is 3. The van der Waals surface area contributed by atoms with Crippen LogP contribution in [0.3, 0.4) is 0 Å². The summed E-state index contributed by atoms with van der Waals surface area (Å²) in [5, 5.41) is 8.35. The number of aryl methyl sites for hydroxylation is 1. The van der Waals surface area contributed by atoms with Crippen molar-refractivity contribution >= 4 is 46.9 Å². The lowest BCUT2D eigenvalue weighted by Gasteiger charge is -2.12. The van der Waals surface area contributed by atoms with Gasteiger partial charge in [0.2, 0.25) is 5.91 Å². The minimum absolute atomic E-state index is 0.0831. The van der Waals surface area contributed by atoms with Crippen molar-refractivity contribution in [2.45, 2.75) is 18.7 Å². The molecule has 0 aliphatic heterocycles. The number of nitrogens with zero attached hydrogens (tertiary/aromatic N) is 2. The van der Waals surface area contributed by atoms with Crippen LogP contribution in [-0.4, -0.2) is 32.8 Å². The SMILES string of the molecule is Cc1ccc(/C=C(\NC(=O)c2ccccc2)C(=O)Nc2ccc(SCC(=O)Nc3c(C)n(C)n(-c4ccccc4)c3=O)cc2)cc1. The van der Waals surface area contributed by atoms with Gasteiger partial charge < -0.3 is 16.0 Å². The van der Waals surface area contributed by atoms with Crippen molar-refractivity contribution in [2.75, 3.05) is 16.4 Å². The van der Waals surface area contributed by atoms with Gasteiger partial charge in [-0.05, 0) is 74.0 Å². The Balaban J connectivity index is 1.22. The molecule has 5 rings (SSSR count). The van der Waals surface area contributed by atoms with Crippen LogP contribution in [0.4, 0.5) is 11.4 Å².